The van der Waals surface area contributed by atoms with Crippen LogP contribution >= 0.6 is 0 Å². The Hall–Kier alpha value is -1.90. The van der Waals surface area contributed by atoms with Gasteiger partial charge in [0.25, 0.3) is 0 Å². The van der Waals surface area contributed by atoms with E-state index in [1.807, 2.05) is 25.3 Å². The standard InChI is InChI=1S/C27H40FNO/c1-3-5-6-7-8-9-10-11-21-30-26-18-16-24(17-19-26)27-20-15-23(22-29-27)13-12-14-25(28)4-2/h15-20,22,25H,3-14,21H2,1-2H3. The molecular weight excluding hydrogens is 373 g/mol. The molecule has 0 radical (unpaired) electrons. The van der Waals surface area contributed by atoms with Crippen molar-refractivity contribution < 1.29 is 9.13 Å². The van der Waals surface area contributed by atoms with Crippen molar-refractivity contribution in [2.75, 3.05) is 6.61 Å². The normalized spacial score (nSPS) is 12.1. The summed E-state index contributed by atoms with van der Waals surface area (Å²) in [4.78, 5) is 4.58. The minimum absolute atomic E-state index is 0.607. The second-order valence-electron chi connectivity index (χ2n) is 8.30. The van der Waals surface area contributed by atoms with Crippen molar-refractivity contribution in [3.8, 4) is 17.0 Å². The average Bonchev–Trinajstić information content (AvgIpc) is 2.79. The highest BCUT2D eigenvalue weighted by Crippen LogP contribution is 2.22. The van der Waals surface area contributed by atoms with Gasteiger partial charge in [-0.25, -0.2) is 4.39 Å². The van der Waals surface area contributed by atoms with Gasteiger partial charge < -0.3 is 4.74 Å². The van der Waals surface area contributed by atoms with Crippen LogP contribution in [0.5, 0.6) is 5.75 Å². The highest BCUT2D eigenvalue weighted by molar-refractivity contribution is 5.60. The van der Waals surface area contributed by atoms with Crippen molar-refractivity contribution in [1.29, 1.82) is 0 Å². The topological polar surface area (TPSA) is 22.1 Å². The summed E-state index contributed by atoms with van der Waals surface area (Å²) in [7, 11) is 0. The van der Waals surface area contributed by atoms with E-state index in [9.17, 15) is 4.39 Å². The van der Waals surface area contributed by atoms with Crippen LogP contribution in [-0.4, -0.2) is 17.8 Å². The molecule has 1 heterocycles. The first-order valence-electron chi connectivity index (χ1n) is 12.0. The quantitative estimate of drug-likeness (QED) is 0.258. The molecule has 0 bridgehead atoms. The lowest BCUT2D eigenvalue weighted by atomic mass is 10.1. The van der Waals surface area contributed by atoms with Gasteiger partial charge in [-0.3, -0.25) is 4.98 Å². The maximum atomic E-state index is 13.3. The van der Waals surface area contributed by atoms with Crippen molar-refractivity contribution >= 4 is 0 Å². The van der Waals surface area contributed by atoms with E-state index in [-0.39, 0.29) is 0 Å². The number of hydrogen-bond acceptors (Lipinski definition) is 2. The fraction of sp³-hybridized carbons (Fsp3) is 0.593. The van der Waals surface area contributed by atoms with E-state index < -0.39 is 6.17 Å². The molecule has 166 valence electrons. The van der Waals surface area contributed by atoms with E-state index in [2.05, 4.69) is 36.2 Å². The fourth-order valence-electron chi connectivity index (χ4n) is 3.62. The molecule has 30 heavy (non-hydrogen) atoms. The maximum absolute atomic E-state index is 13.3. The maximum Gasteiger partial charge on any atom is 0.119 e. The highest BCUT2D eigenvalue weighted by atomic mass is 19.1. The molecule has 0 saturated heterocycles. The molecule has 0 aliphatic heterocycles. The first-order valence-corrected chi connectivity index (χ1v) is 12.0. The number of halogens is 1. The summed E-state index contributed by atoms with van der Waals surface area (Å²) in [6.45, 7) is 4.95. The van der Waals surface area contributed by atoms with Gasteiger partial charge in [0.2, 0.25) is 0 Å². The molecule has 1 unspecified atom stereocenters. The number of pyridine rings is 1. The van der Waals surface area contributed by atoms with Gasteiger partial charge in [0.1, 0.15) is 5.75 Å². The van der Waals surface area contributed by atoms with Crippen LogP contribution < -0.4 is 4.74 Å². The summed E-state index contributed by atoms with van der Waals surface area (Å²) in [6.07, 6.45) is 14.8. The third-order valence-electron chi connectivity index (χ3n) is 5.67. The molecule has 0 saturated carbocycles. The van der Waals surface area contributed by atoms with Crippen molar-refractivity contribution in [2.24, 2.45) is 0 Å². The van der Waals surface area contributed by atoms with E-state index in [0.717, 1.165) is 42.9 Å². The van der Waals surface area contributed by atoms with E-state index in [1.54, 1.807) is 0 Å². The molecule has 0 N–H and O–H groups in total. The summed E-state index contributed by atoms with van der Waals surface area (Å²) in [5.41, 5.74) is 3.23. The van der Waals surface area contributed by atoms with Crippen LogP contribution in [0, 0.1) is 0 Å². The lowest BCUT2D eigenvalue weighted by molar-refractivity contribution is 0.300. The molecule has 2 rings (SSSR count). The van der Waals surface area contributed by atoms with Crippen molar-refractivity contribution in [1.82, 2.24) is 4.98 Å². The van der Waals surface area contributed by atoms with E-state index in [0.29, 0.717) is 12.8 Å². The van der Waals surface area contributed by atoms with E-state index in [4.69, 9.17) is 4.74 Å². The minimum atomic E-state index is -0.673. The fourth-order valence-corrected chi connectivity index (χ4v) is 3.62. The zero-order valence-electron chi connectivity index (χ0n) is 19.0. The molecule has 0 aliphatic carbocycles. The first-order chi connectivity index (χ1) is 14.7. The molecular formula is C27H40FNO. The number of hydrogen-bond donors (Lipinski definition) is 0. The molecule has 1 atom stereocenters. The van der Waals surface area contributed by atoms with Crippen LogP contribution in [0.1, 0.15) is 90.0 Å². The van der Waals surface area contributed by atoms with Crippen LogP contribution in [0.2, 0.25) is 0 Å². The minimum Gasteiger partial charge on any atom is -0.494 e. The van der Waals surface area contributed by atoms with Crippen molar-refractivity contribution in [3.05, 3.63) is 48.2 Å². The van der Waals surface area contributed by atoms with Crippen LogP contribution in [0.3, 0.4) is 0 Å². The molecule has 0 fully saturated rings. The lowest BCUT2D eigenvalue weighted by Gasteiger charge is -2.08. The Balaban J connectivity index is 1.66. The summed E-state index contributed by atoms with van der Waals surface area (Å²) in [5.74, 6) is 0.926. The van der Waals surface area contributed by atoms with Gasteiger partial charge in [-0.15, -0.1) is 0 Å². The van der Waals surface area contributed by atoms with Crippen LogP contribution in [0.4, 0.5) is 4.39 Å². The second-order valence-corrected chi connectivity index (χ2v) is 8.30. The number of ether oxygens (including phenoxy) is 1. The zero-order valence-corrected chi connectivity index (χ0v) is 19.0. The number of unbranched alkanes of at least 4 members (excludes halogenated alkanes) is 7. The summed E-state index contributed by atoms with van der Waals surface area (Å²) < 4.78 is 19.2. The molecule has 2 nitrogen and oxygen atoms in total. The number of nitrogens with zero attached hydrogens (tertiary/aromatic N) is 1. The number of rotatable bonds is 16. The van der Waals surface area contributed by atoms with Crippen LogP contribution in [0.15, 0.2) is 42.6 Å². The predicted octanol–water partition coefficient (Wildman–Crippen LogP) is 8.34. The molecule has 3 heteroatoms. The van der Waals surface area contributed by atoms with Crippen molar-refractivity contribution in [3.63, 3.8) is 0 Å². The number of benzene rings is 1. The Morgan fingerprint density at radius 2 is 1.53 bits per heavy atom. The Morgan fingerprint density at radius 3 is 2.17 bits per heavy atom. The lowest BCUT2D eigenvalue weighted by Crippen LogP contribution is -1.99. The van der Waals surface area contributed by atoms with Gasteiger partial charge in [0, 0.05) is 11.8 Å². The third-order valence-corrected chi connectivity index (χ3v) is 5.67. The van der Waals surface area contributed by atoms with Crippen LogP contribution in [0.25, 0.3) is 11.3 Å². The number of alkyl halides is 1. The Bertz CT molecular complexity index is 668. The van der Waals surface area contributed by atoms with E-state index in [1.165, 1.54) is 50.5 Å². The van der Waals surface area contributed by atoms with Gasteiger partial charge in [-0.05, 0) is 68.0 Å². The molecule has 0 amide bonds. The Labute approximate surface area is 183 Å². The second kappa shape index (κ2) is 15.0. The molecule has 1 aromatic carbocycles. The monoisotopic (exact) mass is 413 g/mol. The zero-order chi connectivity index (χ0) is 21.4. The first kappa shape index (κ1) is 24.4. The molecule has 0 spiro atoms. The molecule has 0 aliphatic rings. The van der Waals surface area contributed by atoms with E-state index >= 15 is 0 Å². The summed E-state index contributed by atoms with van der Waals surface area (Å²) in [6, 6.07) is 12.4. The Morgan fingerprint density at radius 1 is 0.833 bits per heavy atom. The SMILES string of the molecule is CCCCCCCCCCOc1ccc(-c2ccc(CCCC(F)CC)cn2)cc1. The van der Waals surface area contributed by atoms with Crippen molar-refractivity contribution in [2.45, 2.75) is 97.1 Å². The Kier molecular flexibility index (Phi) is 12.2. The van der Waals surface area contributed by atoms with Gasteiger partial charge in [-0.2, -0.15) is 0 Å². The summed E-state index contributed by atoms with van der Waals surface area (Å²) in [5, 5.41) is 0. The largest absolute Gasteiger partial charge is 0.494 e. The van der Waals surface area contributed by atoms with Gasteiger partial charge in [-0.1, -0.05) is 64.9 Å². The van der Waals surface area contributed by atoms with Crippen LogP contribution in [-0.2, 0) is 6.42 Å². The predicted molar refractivity (Wildman–Crippen MR) is 126 cm³/mol. The van der Waals surface area contributed by atoms with Gasteiger partial charge in [0.05, 0.1) is 18.5 Å². The summed E-state index contributed by atoms with van der Waals surface area (Å²) >= 11 is 0. The average molecular weight is 414 g/mol. The number of aromatic nitrogens is 1. The smallest absolute Gasteiger partial charge is 0.119 e. The highest BCUT2D eigenvalue weighted by Gasteiger charge is 2.04. The molecule has 2 aromatic rings. The van der Waals surface area contributed by atoms with Gasteiger partial charge >= 0.3 is 0 Å². The number of aryl methyl sites for hydroxylation is 1. The molecule has 1 aromatic heterocycles. The van der Waals surface area contributed by atoms with Gasteiger partial charge in [0.15, 0.2) is 0 Å². The third kappa shape index (κ3) is 9.73.